The summed E-state index contributed by atoms with van der Waals surface area (Å²) in [4.78, 5) is 0. The first-order valence-electron chi connectivity index (χ1n) is 3.78. The molecule has 3 heteroatoms. The van der Waals surface area contributed by atoms with Crippen LogP contribution in [0, 0.1) is 0 Å². The Morgan fingerprint density at radius 1 is 1.82 bits per heavy atom. The van der Waals surface area contributed by atoms with Gasteiger partial charge in [0.25, 0.3) is 0 Å². The molecule has 1 heterocycles. The van der Waals surface area contributed by atoms with Crippen molar-refractivity contribution in [3.8, 4) is 0 Å². The first-order valence-corrected chi connectivity index (χ1v) is 5.26. The molecule has 1 saturated heterocycles. The molecule has 1 aliphatic heterocycles. The maximum atomic E-state index is 5.53. The predicted molar refractivity (Wildman–Crippen MR) is 51.3 cm³/mol. The molecular formula is C8H13ClOS. The highest BCUT2D eigenvalue weighted by Crippen LogP contribution is 2.22. The zero-order valence-electron chi connectivity index (χ0n) is 6.68. The Hall–Kier alpha value is 0.340. The lowest BCUT2D eigenvalue weighted by Gasteiger charge is -2.05. The predicted octanol–water partition coefficient (Wildman–Crippen LogP) is 2.65. The van der Waals surface area contributed by atoms with Crippen molar-refractivity contribution >= 4 is 23.4 Å². The maximum absolute atomic E-state index is 5.53. The highest BCUT2D eigenvalue weighted by molar-refractivity contribution is 8.00. The lowest BCUT2D eigenvalue weighted by molar-refractivity contribution is 0.199. The van der Waals surface area contributed by atoms with Crippen LogP contribution >= 0.6 is 23.4 Å². The van der Waals surface area contributed by atoms with Crippen molar-refractivity contribution in [3.63, 3.8) is 0 Å². The Balaban J connectivity index is 2.11. The van der Waals surface area contributed by atoms with Gasteiger partial charge in [-0.2, -0.15) is 11.8 Å². The molecule has 0 aromatic carbocycles. The van der Waals surface area contributed by atoms with E-state index in [0.29, 0.717) is 5.25 Å². The summed E-state index contributed by atoms with van der Waals surface area (Å²) in [5, 5.41) is 0.696. The summed E-state index contributed by atoms with van der Waals surface area (Å²) in [6.07, 6.45) is 1.19. The van der Waals surface area contributed by atoms with Gasteiger partial charge in [0, 0.05) is 23.1 Å². The van der Waals surface area contributed by atoms with E-state index in [0.717, 1.165) is 19.0 Å². The van der Waals surface area contributed by atoms with Crippen LogP contribution in [0.15, 0.2) is 11.1 Å². The van der Waals surface area contributed by atoms with Crippen LogP contribution in [0.4, 0.5) is 0 Å². The van der Waals surface area contributed by atoms with E-state index >= 15 is 0 Å². The molecule has 0 radical (unpaired) electrons. The summed E-state index contributed by atoms with van der Waals surface area (Å²) >= 11 is 7.47. The standard InChI is InChI=1S/C8H13ClOS/c1-7(4-9)6-11-8-2-3-10-5-8/h4,8H,2-3,5-6H2,1H3/b7-4+. The Bertz CT molecular complexity index is 141. The van der Waals surface area contributed by atoms with Gasteiger partial charge in [-0.15, -0.1) is 0 Å². The molecule has 1 nitrogen and oxygen atoms in total. The molecule has 0 spiro atoms. The summed E-state index contributed by atoms with van der Waals surface area (Å²) in [5.41, 5.74) is 2.89. The van der Waals surface area contributed by atoms with E-state index in [4.69, 9.17) is 16.3 Å². The van der Waals surface area contributed by atoms with E-state index < -0.39 is 0 Å². The topological polar surface area (TPSA) is 9.23 Å². The molecule has 1 rings (SSSR count). The number of thioether (sulfide) groups is 1. The second kappa shape index (κ2) is 5.07. The van der Waals surface area contributed by atoms with E-state index in [1.165, 1.54) is 12.0 Å². The molecular weight excluding hydrogens is 180 g/mol. The fourth-order valence-electron chi connectivity index (χ4n) is 0.925. The molecule has 0 N–H and O–H groups in total. The highest BCUT2D eigenvalue weighted by Gasteiger charge is 2.15. The minimum absolute atomic E-state index is 0.696. The molecule has 0 bridgehead atoms. The van der Waals surface area contributed by atoms with Crippen LogP contribution in [0.1, 0.15) is 13.3 Å². The molecule has 0 aromatic rings. The highest BCUT2D eigenvalue weighted by atomic mass is 35.5. The van der Waals surface area contributed by atoms with Crippen molar-refractivity contribution in [2.75, 3.05) is 19.0 Å². The van der Waals surface area contributed by atoms with Crippen LogP contribution in [0.25, 0.3) is 0 Å². The Morgan fingerprint density at radius 3 is 3.18 bits per heavy atom. The fraction of sp³-hybridized carbons (Fsp3) is 0.750. The Labute approximate surface area is 77.1 Å². The number of ether oxygens (including phenoxy) is 1. The molecule has 1 aliphatic rings. The minimum atomic E-state index is 0.696. The van der Waals surface area contributed by atoms with Gasteiger partial charge in [0.15, 0.2) is 0 Å². The van der Waals surface area contributed by atoms with Crippen molar-refractivity contribution in [3.05, 3.63) is 11.1 Å². The van der Waals surface area contributed by atoms with E-state index in [-0.39, 0.29) is 0 Å². The first-order chi connectivity index (χ1) is 5.33. The maximum Gasteiger partial charge on any atom is 0.0585 e. The van der Waals surface area contributed by atoms with Crippen molar-refractivity contribution in [2.24, 2.45) is 0 Å². The Kier molecular flexibility index (Phi) is 4.34. The summed E-state index contributed by atoms with van der Waals surface area (Å²) in [7, 11) is 0. The fourth-order valence-corrected chi connectivity index (χ4v) is 2.13. The average Bonchev–Trinajstić information content (AvgIpc) is 2.52. The molecule has 0 aromatic heterocycles. The normalized spacial score (nSPS) is 26.0. The van der Waals surface area contributed by atoms with Crippen LogP contribution < -0.4 is 0 Å². The Morgan fingerprint density at radius 2 is 2.64 bits per heavy atom. The van der Waals surface area contributed by atoms with Gasteiger partial charge < -0.3 is 4.74 Å². The van der Waals surface area contributed by atoms with E-state index in [9.17, 15) is 0 Å². The first kappa shape index (κ1) is 9.43. The largest absolute Gasteiger partial charge is 0.380 e. The van der Waals surface area contributed by atoms with Crippen molar-refractivity contribution in [2.45, 2.75) is 18.6 Å². The van der Waals surface area contributed by atoms with E-state index in [1.807, 2.05) is 11.8 Å². The lowest BCUT2D eigenvalue weighted by atomic mass is 10.4. The summed E-state index contributed by atoms with van der Waals surface area (Å²) < 4.78 is 5.25. The van der Waals surface area contributed by atoms with Gasteiger partial charge in [0.2, 0.25) is 0 Å². The molecule has 0 aliphatic carbocycles. The average molecular weight is 193 g/mol. The van der Waals surface area contributed by atoms with Gasteiger partial charge in [-0.05, 0) is 13.3 Å². The van der Waals surface area contributed by atoms with Gasteiger partial charge in [-0.1, -0.05) is 17.2 Å². The molecule has 1 atom stereocenters. The second-order valence-electron chi connectivity index (χ2n) is 2.75. The molecule has 1 unspecified atom stereocenters. The molecule has 1 fully saturated rings. The zero-order chi connectivity index (χ0) is 8.10. The molecule has 11 heavy (non-hydrogen) atoms. The van der Waals surface area contributed by atoms with E-state index in [1.54, 1.807) is 5.54 Å². The third-order valence-electron chi connectivity index (χ3n) is 1.62. The quantitative estimate of drug-likeness (QED) is 0.680. The molecule has 0 amide bonds. The molecule has 0 saturated carbocycles. The SMILES string of the molecule is C/C(=C\Cl)CSC1CCOC1. The van der Waals surface area contributed by atoms with Crippen LogP contribution in [-0.2, 0) is 4.74 Å². The van der Waals surface area contributed by atoms with Crippen LogP contribution in [0.3, 0.4) is 0 Å². The van der Waals surface area contributed by atoms with Gasteiger partial charge in [-0.25, -0.2) is 0 Å². The summed E-state index contributed by atoms with van der Waals surface area (Å²) in [6.45, 7) is 3.90. The third kappa shape index (κ3) is 3.50. The number of halogens is 1. The summed E-state index contributed by atoms with van der Waals surface area (Å²) in [6, 6.07) is 0. The monoisotopic (exact) mass is 192 g/mol. The number of hydrogen-bond donors (Lipinski definition) is 0. The lowest BCUT2D eigenvalue weighted by Crippen LogP contribution is -2.01. The number of hydrogen-bond acceptors (Lipinski definition) is 2. The van der Waals surface area contributed by atoms with Gasteiger partial charge >= 0.3 is 0 Å². The van der Waals surface area contributed by atoms with Gasteiger partial charge in [0.05, 0.1) is 6.61 Å². The zero-order valence-corrected chi connectivity index (χ0v) is 8.25. The second-order valence-corrected chi connectivity index (χ2v) is 4.26. The third-order valence-corrected chi connectivity index (χ3v) is 3.46. The van der Waals surface area contributed by atoms with Crippen LogP contribution in [0.5, 0.6) is 0 Å². The van der Waals surface area contributed by atoms with Gasteiger partial charge in [0.1, 0.15) is 0 Å². The smallest absolute Gasteiger partial charge is 0.0585 e. The van der Waals surface area contributed by atoms with Crippen LogP contribution in [0.2, 0.25) is 0 Å². The van der Waals surface area contributed by atoms with Crippen LogP contribution in [-0.4, -0.2) is 24.2 Å². The van der Waals surface area contributed by atoms with Gasteiger partial charge in [-0.3, -0.25) is 0 Å². The van der Waals surface area contributed by atoms with Crippen molar-refractivity contribution in [1.29, 1.82) is 0 Å². The number of rotatable bonds is 3. The summed E-state index contributed by atoms with van der Waals surface area (Å²) in [5.74, 6) is 1.04. The van der Waals surface area contributed by atoms with Crippen molar-refractivity contribution in [1.82, 2.24) is 0 Å². The molecule has 64 valence electrons. The minimum Gasteiger partial charge on any atom is -0.380 e. The van der Waals surface area contributed by atoms with Crippen molar-refractivity contribution < 1.29 is 4.74 Å². The van der Waals surface area contributed by atoms with E-state index in [2.05, 4.69) is 6.92 Å².